The van der Waals surface area contributed by atoms with Crippen molar-refractivity contribution in [2.45, 2.75) is 38.6 Å². The number of nitrogens with one attached hydrogen (secondary N) is 1. The Bertz CT molecular complexity index is 464. The fraction of sp³-hybridized carbons (Fsp3) is 0.533. The van der Waals surface area contributed by atoms with Gasteiger partial charge in [-0.05, 0) is 59.7 Å². The van der Waals surface area contributed by atoms with E-state index in [-0.39, 0.29) is 5.84 Å². The van der Waals surface area contributed by atoms with Crippen molar-refractivity contribution >= 4 is 27.5 Å². The molecule has 0 atom stereocenters. The van der Waals surface area contributed by atoms with Crippen molar-refractivity contribution < 1.29 is 0 Å². The zero-order chi connectivity index (χ0) is 14.0. The van der Waals surface area contributed by atoms with Gasteiger partial charge in [-0.2, -0.15) is 0 Å². The number of hydrogen-bond donors (Lipinski definition) is 2. The second kappa shape index (κ2) is 5.95. The summed E-state index contributed by atoms with van der Waals surface area (Å²) in [4.78, 5) is 2.30. The highest BCUT2D eigenvalue weighted by molar-refractivity contribution is 9.10. The lowest BCUT2D eigenvalue weighted by Crippen LogP contribution is -2.36. The number of rotatable bonds is 3. The van der Waals surface area contributed by atoms with Gasteiger partial charge in [0.25, 0.3) is 0 Å². The van der Waals surface area contributed by atoms with Gasteiger partial charge in [-0.25, -0.2) is 0 Å². The predicted octanol–water partition coefficient (Wildman–Crippen LogP) is 3.75. The Morgan fingerprint density at radius 2 is 1.95 bits per heavy atom. The van der Waals surface area contributed by atoms with E-state index in [0.717, 1.165) is 21.6 Å². The highest BCUT2D eigenvalue weighted by Gasteiger charge is 2.24. The molecular formula is C15H22BrN3. The summed E-state index contributed by atoms with van der Waals surface area (Å²) in [7, 11) is 2.12. The van der Waals surface area contributed by atoms with Gasteiger partial charge >= 0.3 is 0 Å². The number of amidine groups is 1. The Kier molecular flexibility index (Phi) is 4.50. The van der Waals surface area contributed by atoms with Crippen LogP contribution in [0.5, 0.6) is 0 Å². The van der Waals surface area contributed by atoms with E-state index in [0.29, 0.717) is 6.04 Å². The van der Waals surface area contributed by atoms with Crippen molar-refractivity contribution in [2.24, 2.45) is 11.7 Å². The first-order valence-electron chi connectivity index (χ1n) is 6.86. The highest BCUT2D eigenvalue weighted by Crippen LogP contribution is 2.33. The lowest BCUT2D eigenvalue weighted by molar-refractivity contribution is 0.340. The zero-order valence-electron chi connectivity index (χ0n) is 11.6. The lowest BCUT2D eigenvalue weighted by atomic mass is 9.86. The normalized spacial score (nSPS) is 23.1. The molecule has 3 N–H and O–H groups in total. The molecule has 104 valence electrons. The fourth-order valence-electron chi connectivity index (χ4n) is 2.90. The van der Waals surface area contributed by atoms with Gasteiger partial charge in [-0.3, -0.25) is 5.41 Å². The van der Waals surface area contributed by atoms with Crippen molar-refractivity contribution in [1.82, 2.24) is 0 Å². The number of benzene rings is 1. The number of anilines is 1. The maximum Gasteiger partial charge on any atom is 0.126 e. The van der Waals surface area contributed by atoms with E-state index in [2.05, 4.69) is 40.9 Å². The molecule has 4 heteroatoms. The van der Waals surface area contributed by atoms with E-state index in [1.807, 2.05) is 12.1 Å². The van der Waals surface area contributed by atoms with Crippen LogP contribution in [0.2, 0.25) is 0 Å². The molecule has 0 unspecified atom stereocenters. The summed E-state index contributed by atoms with van der Waals surface area (Å²) in [5.74, 6) is 0.970. The van der Waals surface area contributed by atoms with Crippen LogP contribution in [0.1, 0.15) is 38.2 Å². The summed E-state index contributed by atoms with van der Waals surface area (Å²) in [6.45, 7) is 2.33. The van der Waals surface area contributed by atoms with Gasteiger partial charge in [0.15, 0.2) is 0 Å². The highest BCUT2D eigenvalue weighted by atomic mass is 79.9. The third-order valence-corrected chi connectivity index (χ3v) is 4.83. The van der Waals surface area contributed by atoms with Gasteiger partial charge in [0, 0.05) is 23.2 Å². The van der Waals surface area contributed by atoms with Crippen LogP contribution >= 0.6 is 15.9 Å². The molecule has 0 heterocycles. The minimum absolute atomic E-state index is 0.124. The molecule has 0 amide bonds. The van der Waals surface area contributed by atoms with E-state index in [4.69, 9.17) is 11.1 Å². The minimum atomic E-state index is 0.124. The second-order valence-electron chi connectivity index (χ2n) is 5.57. The minimum Gasteiger partial charge on any atom is -0.384 e. The van der Waals surface area contributed by atoms with Crippen molar-refractivity contribution in [1.29, 1.82) is 5.41 Å². The van der Waals surface area contributed by atoms with Crippen molar-refractivity contribution in [2.75, 3.05) is 11.9 Å². The molecule has 0 aromatic heterocycles. The van der Waals surface area contributed by atoms with E-state index >= 15 is 0 Å². The Balaban J connectivity index is 2.26. The number of nitrogen functional groups attached to an aromatic ring is 1. The van der Waals surface area contributed by atoms with Gasteiger partial charge in [0.05, 0.1) is 5.56 Å². The summed E-state index contributed by atoms with van der Waals surface area (Å²) in [5, 5.41) is 7.78. The molecule has 0 saturated heterocycles. The standard InChI is InChI=1S/C15H22BrN3/c1-10-6-8-11(9-7-10)19(2)13-5-3-4-12(16)14(13)15(17)18/h3-5,10-11H,6-9H2,1-2H3,(H3,17,18). The molecule has 1 aliphatic rings. The molecule has 0 spiro atoms. The molecule has 1 saturated carbocycles. The second-order valence-corrected chi connectivity index (χ2v) is 6.43. The maximum absolute atomic E-state index is 7.78. The van der Waals surface area contributed by atoms with Gasteiger partial charge in [-0.1, -0.05) is 13.0 Å². The molecule has 3 nitrogen and oxygen atoms in total. The lowest BCUT2D eigenvalue weighted by Gasteiger charge is -2.36. The quantitative estimate of drug-likeness (QED) is 0.657. The summed E-state index contributed by atoms with van der Waals surface area (Å²) >= 11 is 3.50. The summed E-state index contributed by atoms with van der Waals surface area (Å²) in [6, 6.07) is 6.56. The van der Waals surface area contributed by atoms with Crippen molar-refractivity contribution in [3.8, 4) is 0 Å². The molecule has 1 aromatic carbocycles. The summed E-state index contributed by atoms with van der Waals surface area (Å²) < 4.78 is 0.897. The summed E-state index contributed by atoms with van der Waals surface area (Å²) in [6.07, 6.45) is 5.03. The molecule has 1 fully saturated rings. The van der Waals surface area contributed by atoms with E-state index < -0.39 is 0 Å². The Morgan fingerprint density at radius 3 is 2.53 bits per heavy atom. The molecule has 2 rings (SSSR count). The van der Waals surface area contributed by atoms with Gasteiger partial charge < -0.3 is 10.6 Å². The predicted molar refractivity (Wildman–Crippen MR) is 85.0 cm³/mol. The molecule has 0 aliphatic heterocycles. The largest absolute Gasteiger partial charge is 0.384 e. The number of halogens is 1. The van der Waals surface area contributed by atoms with Crippen LogP contribution in [0.15, 0.2) is 22.7 Å². The van der Waals surface area contributed by atoms with Crippen LogP contribution in [0, 0.1) is 11.3 Å². The van der Waals surface area contributed by atoms with E-state index in [1.54, 1.807) is 0 Å². The van der Waals surface area contributed by atoms with Crippen molar-refractivity contribution in [3.63, 3.8) is 0 Å². The molecule has 19 heavy (non-hydrogen) atoms. The monoisotopic (exact) mass is 323 g/mol. The van der Waals surface area contributed by atoms with Crippen LogP contribution in [0.4, 0.5) is 5.69 Å². The first-order chi connectivity index (χ1) is 9.00. The SMILES string of the molecule is CC1CCC(N(C)c2cccc(Br)c2C(=N)N)CC1. The molecule has 0 bridgehead atoms. The molecule has 1 aromatic rings. The van der Waals surface area contributed by atoms with Crippen LogP contribution in [0.3, 0.4) is 0 Å². The van der Waals surface area contributed by atoms with Crippen LogP contribution in [-0.4, -0.2) is 18.9 Å². The van der Waals surface area contributed by atoms with Crippen LogP contribution in [-0.2, 0) is 0 Å². The van der Waals surface area contributed by atoms with Gasteiger partial charge in [0.1, 0.15) is 5.84 Å². The Morgan fingerprint density at radius 1 is 1.32 bits per heavy atom. The van der Waals surface area contributed by atoms with Gasteiger partial charge in [0.2, 0.25) is 0 Å². The maximum atomic E-state index is 7.78. The smallest absolute Gasteiger partial charge is 0.126 e. The van der Waals surface area contributed by atoms with Gasteiger partial charge in [-0.15, -0.1) is 0 Å². The Hall–Kier alpha value is -1.03. The zero-order valence-corrected chi connectivity index (χ0v) is 13.2. The third kappa shape index (κ3) is 3.11. The average Bonchev–Trinajstić information content (AvgIpc) is 2.38. The number of hydrogen-bond acceptors (Lipinski definition) is 2. The fourth-order valence-corrected chi connectivity index (χ4v) is 3.47. The number of nitrogens with zero attached hydrogens (tertiary/aromatic N) is 1. The summed E-state index contributed by atoms with van der Waals surface area (Å²) in [5.41, 5.74) is 7.60. The van der Waals surface area contributed by atoms with E-state index in [1.165, 1.54) is 25.7 Å². The average molecular weight is 324 g/mol. The third-order valence-electron chi connectivity index (χ3n) is 4.17. The topological polar surface area (TPSA) is 53.1 Å². The first-order valence-corrected chi connectivity index (χ1v) is 7.65. The number of nitrogens with two attached hydrogens (primary N) is 1. The molecular weight excluding hydrogens is 302 g/mol. The van der Waals surface area contributed by atoms with Crippen LogP contribution < -0.4 is 10.6 Å². The van der Waals surface area contributed by atoms with E-state index in [9.17, 15) is 0 Å². The van der Waals surface area contributed by atoms with Crippen LogP contribution in [0.25, 0.3) is 0 Å². The Labute approximate surface area is 123 Å². The molecule has 1 aliphatic carbocycles. The first kappa shape index (κ1) is 14.4. The van der Waals surface area contributed by atoms with Crippen molar-refractivity contribution in [3.05, 3.63) is 28.2 Å². The molecule has 0 radical (unpaired) electrons.